The topological polar surface area (TPSA) is 41.1 Å². The molecule has 1 aliphatic rings. The van der Waals surface area contributed by atoms with Crippen LogP contribution in [0, 0.1) is 11.8 Å². The van der Waals surface area contributed by atoms with Crippen molar-refractivity contribution >= 4 is 5.91 Å². The first-order valence-corrected chi connectivity index (χ1v) is 7.38. The van der Waals surface area contributed by atoms with Crippen LogP contribution in [0.25, 0.3) is 0 Å². The van der Waals surface area contributed by atoms with Gasteiger partial charge in [-0.25, -0.2) is 0 Å². The molecule has 2 N–H and O–H groups in total. The van der Waals surface area contributed by atoms with Crippen molar-refractivity contribution in [1.29, 1.82) is 0 Å². The van der Waals surface area contributed by atoms with Crippen LogP contribution in [0.5, 0.6) is 0 Å². The second kappa shape index (κ2) is 7.13. The fourth-order valence-electron chi connectivity index (χ4n) is 2.43. The second-order valence-electron chi connectivity index (χ2n) is 6.86. The van der Waals surface area contributed by atoms with Crippen molar-refractivity contribution in [2.45, 2.75) is 65.3 Å². The Kier molecular flexibility index (Phi) is 6.13. The molecule has 1 amide bonds. The van der Waals surface area contributed by atoms with Crippen LogP contribution in [0.1, 0.15) is 59.8 Å². The third kappa shape index (κ3) is 7.00. The van der Waals surface area contributed by atoms with E-state index in [4.69, 9.17) is 0 Å². The van der Waals surface area contributed by atoms with E-state index in [2.05, 4.69) is 38.3 Å². The fourth-order valence-corrected chi connectivity index (χ4v) is 2.43. The summed E-state index contributed by atoms with van der Waals surface area (Å²) in [7, 11) is 0. The summed E-state index contributed by atoms with van der Waals surface area (Å²) in [6.07, 6.45) is 5.79. The molecule has 106 valence electrons. The summed E-state index contributed by atoms with van der Waals surface area (Å²) < 4.78 is 0. The molecule has 0 aromatic heterocycles. The minimum absolute atomic E-state index is 0.0970. The minimum Gasteiger partial charge on any atom is -0.356 e. The largest absolute Gasteiger partial charge is 0.356 e. The molecule has 1 rings (SSSR count). The SMILES string of the molecule is CC1CCC(CNC(=O)CCNC(C)(C)C)CC1. The molecule has 1 aliphatic carbocycles. The summed E-state index contributed by atoms with van der Waals surface area (Å²) in [6.45, 7) is 10.3. The van der Waals surface area contributed by atoms with E-state index in [0.717, 1.165) is 19.0 Å². The average Bonchev–Trinajstić information content (AvgIpc) is 2.26. The predicted octanol–water partition coefficient (Wildman–Crippen LogP) is 2.71. The number of amides is 1. The van der Waals surface area contributed by atoms with E-state index in [0.29, 0.717) is 12.3 Å². The maximum absolute atomic E-state index is 11.7. The Balaban J connectivity index is 2.06. The van der Waals surface area contributed by atoms with Crippen molar-refractivity contribution < 1.29 is 4.79 Å². The van der Waals surface area contributed by atoms with Crippen molar-refractivity contribution in [3.63, 3.8) is 0 Å². The van der Waals surface area contributed by atoms with Crippen molar-refractivity contribution in [1.82, 2.24) is 10.6 Å². The number of carbonyl (C=O) groups excluding carboxylic acids is 1. The Hall–Kier alpha value is -0.570. The van der Waals surface area contributed by atoms with Crippen LogP contribution in [0.15, 0.2) is 0 Å². The molecule has 0 heterocycles. The molecule has 0 saturated heterocycles. The van der Waals surface area contributed by atoms with Gasteiger partial charge in [0.1, 0.15) is 0 Å². The lowest BCUT2D eigenvalue weighted by Crippen LogP contribution is -2.39. The summed E-state index contributed by atoms with van der Waals surface area (Å²) in [5, 5.41) is 6.41. The maximum atomic E-state index is 11.7. The number of rotatable bonds is 5. The molecular weight excluding hydrogens is 224 g/mol. The van der Waals surface area contributed by atoms with E-state index in [1.165, 1.54) is 25.7 Å². The van der Waals surface area contributed by atoms with Gasteiger partial charge in [-0.3, -0.25) is 4.79 Å². The van der Waals surface area contributed by atoms with Gasteiger partial charge in [0.15, 0.2) is 0 Å². The van der Waals surface area contributed by atoms with Gasteiger partial charge in [-0.15, -0.1) is 0 Å². The number of nitrogens with one attached hydrogen (secondary N) is 2. The van der Waals surface area contributed by atoms with E-state index in [-0.39, 0.29) is 11.4 Å². The Morgan fingerprint density at radius 3 is 2.33 bits per heavy atom. The molecule has 0 atom stereocenters. The van der Waals surface area contributed by atoms with Gasteiger partial charge >= 0.3 is 0 Å². The normalized spacial score (nSPS) is 24.9. The zero-order valence-electron chi connectivity index (χ0n) is 12.5. The highest BCUT2D eigenvalue weighted by molar-refractivity contribution is 5.76. The third-order valence-corrected chi connectivity index (χ3v) is 3.73. The summed E-state index contributed by atoms with van der Waals surface area (Å²) in [5.74, 6) is 1.78. The number of carbonyl (C=O) groups is 1. The Morgan fingerprint density at radius 2 is 1.78 bits per heavy atom. The molecule has 0 bridgehead atoms. The van der Waals surface area contributed by atoms with Crippen LogP contribution in [-0.4, -0.2) is 24.5 Å². The van der Waals surface area contributed by atoms with Gasteiger partial charge in [0, 0.05) is 25.0 Å². The van der Waals surface area contributed by atoms with Gasteiger partial charge < -0.3 is 10.6 Å². The average molecular weight is 254 g/mol. The van der Waals surface area contributed by atoms with E-state index in [1.54, 1.807) is 0 Å². The van der Waals surface area contributed by atoms with E-state index in [9.17, 15) is 4.79 Å². The number of hydrogen-bond acceptors (Lipinski definition) is 2. The molecular formula is C15H30N2O. The van der Waals surface area contributed by atoms with Gasteiger partial charge in [-0.2, -0.15) is 0 Å². The monoisotopic (exact) mass is 254 g/mol. The summed E-state index contributed by atoms with van der Waals surface area (Å²) >= 11 is 0. The van der Waals surface area contributed by atoms with Crippen LogP contribution in [-0.2, 0) is 4.79 Å². The highest BCUT2D eigenvalue weighted by Gasteiger charge is 2.18. The lowest BCUT2D eigenvalue weighted by Gasteiger charge is -2.26. The van der Waals surface area contributed by atoms with Crippen molar-refractivity contribution in [3.05, 3.63) is 0 Å². The van der Waals surface area contributed by atoms with Gasteiger partial charge in [0.25, 0.3) is 0 Å². The fraction of sp³-hybridized carbons (Fsp3) is 0.933. The maximum Gasteiger partial charge on any atom is 0.221 e. The standard InChI is InChI=1S/C15H30N2O/c1-12-5-7-13(8-6-12)11-16-14(18)9-10-17-15(2,3)4/h12-13,17H,5-11H2,1-4H3,(H,16,18). The zero-order chi connectivity index (χ0) is 13.6. The molecule has 1 saturated carbocycles. The first-order valence-electron chi connectivity index (χ1n) is 7.38. The van der Waals surface area contributed by atoms with Crippen LogP contribution < -0.4 is 10.6 Å². The molecule has 0 unspecified atom stereocenters. The highest BCUT2D eigenvalue weighted by atomic mass is 16.1. The second-order valence-corrected chi connectivity index (χ2v) is 6.86. The van der Waals surface area contributed by atoms with Gasteiger partial charge in [-0.05, 0) is 45.4 Å². The molecule has 0 aromatic rings. The molecule has 0 spiro atoms. The smallest absolute Gasteiger partial charge is 0.221 e. The summed E-state index contributed by atoms with van der Waals surface area (Å²) in [5.41, 5.74) is 0.0970. The van der Waals surface area contributed by atoms with E-state index < -0.39 is 0 Å². The molecule has 3 heteroatoms. The molecule has 0 aromatic carbocycles. The quantitative estimate of drug-likeness (QED) is 0.792. The lowest BCUT2D eigenvalue weighted by molar-refractivity contribution is -0.121. The molecule has 0 aliphatic heterocycles. The highest BCUT2D eigenvalue weighted by Crippen LogP contribution is 2.27. The first-order chi connectivity index (χ1) is 8.37. The predicted molar refractivity (Wildman–Crippen MR) is 76.5 cm³/mol. The van der Waals surface area contributed by atoms with E-state index in [1.807, 2.05) is 0 Å². The van der Waals surface area contributed by atoms with Crippen molar-refractivity contribution in [3.8, 4) is 0 Å². The minimum atomic E-state index is 0.0970. The van der Waals surface area contributed by atoms with Crippen LogP contribution in [0.4, 0.5) is 0 Å². The van der Waals surface area contributed by atoms with Gasteiger partial charge in [-0.1, -0.05) is 19.8 Å². The summed E-state index contributed by atoms with van der Waals surface area (Å²) in [4.78, 5) is 11.7. The van der Waals surface area contributed by atoms with Crippen LogP contribution in [0.3, 0.4) is 0 Å². The molecule has 1 fully saturated rings. The number of hydrogen-bond donors (Lipinski definition) is 2. The van der Waals surface area contributed by atoms with E-state index >= 15 is 0 Å². The molecule has 18 heavy (non-hydrogen) atoms. The van der Waals surface area contributed by atoms with Crippen LogP contribution in [0.2, 0.25) is 0 Å². The van der Waals surface area contributed by atoms with Crippen molar-refractivity contribution in [2.24, 2.45) is 11.8 Å². The van der Waals surface area contributed by atoms with Gasteiger partial charge in [0.05, 0.1) is 0 Å². The Labute approximate surface area is 112 Å². The molecule has 3 nitrogen and oxygen atoms in total. The van der Waals surface area contributed by atoms with Crippen LogP contribution >= 0.6 is 0 Å². The van der Waals surface area contributed by atoms with Gasteiger partial charge in [0.2, 0.25) is 5.91 Å². The molecule has 0 radical (unpaired) electrons. The third-order valence-electron chi connectivity index (χ3n) is 3.73. The Bertz CT molecular complexity index is 250. The zero-order valence-corrected chi connectivity index (χ0v) is 12.5. The Morgan fingerprint density at radius 1 is 1.17 bits per heavy atom. The lowest BCUT2D eigenvalue weighted by atomic mass is 9.83. The summed E-state index contributed by atoms with van der Waals surface area (Å²) in [6, 6.07) is 0. The van der Waals surface area contributed by atoms with Crippen molar-refractivity contribution in [2.75, 3.05) is 13.1 Å². The first kappa shape index (κ1) is 15.5.